The van der Waals surface area contributed by atoms with Gasteiger partial charge in [0.15, 0.2) is 0 Å². The van der Waals surface area contributed by atoms with E-state index in [1.54, 1.807) is 10.4 Å². The largest absolute Gasteiger partial charge is 0.375 e. The van der Waals surface area contributed by atoms with E-state index in [0.717, 1.165) is 0 Å². The summed E-state index contributed by atoms with van der Waals surface area (Å²) in [6.45, 7) is 9.59. The standard InChI is InChI=1S/C25H36OSi/c1-5-6-9-14-21-19-22(26-21)20-27(25(2,3)4,23-15-10-7-11-16-23)24-17-12-8-13-18-24/h7-8,10-13,15-18,21-22H,5-6,9,14,19-20H2,1-4H3/t21-,22+/m1/s1. The van der Waals surface area contributed by atoms with E-state index in [-0.39, 0.29) is 5.04 Å². The summed E-state index contributed by atoms with van der Waals surface area (Å²) in [5.74, 6) is 0. The highest BCUT2D eigenvalue weighted by atomic mass is 28.3. The average Bonchev–Trinajstić information content (AvgIpc) is 2.63. The van der Waals surface area contributed by atoms with Gasteiger partial charge in [0, 0.05) is 0 Å². The molecule has 1 aliphatic rings. The molecular weight excluding hydrogens is 344 g/mol. The fourth-order valence-electron chi connectivity index (χ4n) is 4.86. The molecule has 2 aromatic carbocycles. The van der Waals surface area contributed by atoms with Gasteiger partial charge in [-0.05, 0) is 23.9 Å². The summed E-state index contributed by atoms with van der Waals surface area (Å²) in [7, 11) is -1.97. The smallest absolute Gasteiger partial charge is 0.125 e. The SMILES string of the molecule is CCCCC[C@@H]1C[C@@H](C[Si](c2ccccc2)(c2ccccc2)C(C)(C)C)O1. The molecule has 146 valence electrons. The summed E-state index contributed by atoms with van der Waals surface area (Å²) in [5, 5.41) is 3.32. The van der Waals surface area contributed by atoms with Crippen LogP contribution in [0.15, 0.2) is 60.7 Å². The Kier molecular flexibility index (Phi) is 6.59. The highest BCUT2D eigenvalue weighted by molar-refractivity contribution is 7.04. The third-order valence-corrected chi connectivity index (χ3v) is 12.7. The Labute approximate surface area is 167 Å². The van der Waals surface area contributed by atoms with Crippen molar-refractivity contribution in [1.82, 2.24) is 0 Å². The topological polar surface area (TPSA) is 9.23 Å². The van der Waals surface area contributed by atoms with Crippen LogP contribution < -0.4 is 10.4 Å². The third-order valence-electron chi connectivity index (χ3n) is 6.39. The Bertz CT molecular complexity index is 644. The Morgan fingerprint density at radius 3 is 1.81 bits per heavy atom. The van der Waals surface area contributed by atoms with Gasteiger partial charge < -0.3 is 4.74 Å². The second kappa shape index (κ2) is 8.75. The number of ether oxygens (including phenoxy) is 1. The summed E-state index contributed by atoms with van der Waals surface area (Å²) >= 11 is 0. The lowest BCUT2D eigenvalue weighted by Gasteiger charge is -2.49. The van der Waals surface area contributed by atoms with Crippen molar-refractivity contribution < 1.29 is 4.74 Å². The van der Waals surface area contributed by atoms with Crippen molar-refractivity contribution in [2.75, 3.05) is 0 Å². The summed E-state index contributed by atoms with van der Waals surface area (Å²) in [6, 6.07) is 23.8. The van der Waals surface area contributed by atoms with E-state index in [1.165, 1.54) is 38.1 Å². The van der Waals surface area contributed by atoms with E-state index in [2.05, 4.69) is 88.4 Å². The lowest BCUT2D eigenvalue weighted by Crippen LogP contribution is -2.66. The van der Waals surface area contributed by atoms with Crippen LogP contribution >= 0.6 is 0 Å². The first kappa shape index (κ1) is 20.4. The van der Waals surface area contributed by atoms with E-state index in [9.17, 15) is 0 Å². The lowest BCUT2D eigenvalue weighted by atomic mass is 10.0. The fourth-order valence-corrected chi connectivity index (χ4v) is 10.5. The number of benzene rings is 2. The van der Waals surface area contributed by atoms with Gasteiger partial charge in [-0.15, -0.1) is 0 Å². The van der Waals surface area contributed by atoms with E-state index in [0.29, 0.717) is 12.2 Å². The van der Waals surface area contributed by atoms with Crippen LogP contribution in [-0.2, 0) is 4.74 Å². The minimum Gasteiger partial charge on any atom is -0.375 e. The maximum absolute atomic E-state index is 6.41. The fraction of sp³-hybridized carbons (Fsp3) is 0.520. The molecule has 0 radical (unpaired) electrons. The molecule has 0 amide bonds. The quantitative estimate of drug-likeness (QED) is 0.416. The number of rotatable bonds is 8. The lowest BCUT2D eigenvalue weighted by molar-refractivity contribution is -0.117. The van der Waals surface area contributed by atoms with E-state index in [1.807, 2.05) is 0 Å². The molecular formula is C25H36OSi. The Morgan fingerprint density at radius 1 is 0.852 bits per heavy atom. The Balaban J connectivity index is 1.87. The van der Waals surface area contributed by atoms with Crippen molar-refractivity contribution in [2.24, 2.45) is 0 Å². The van der Waals surface area contributed by atoms with Gasteiger partial charge in [0.1, 0.15) is 8.07 Å². The van der Waals surface area contributed by atoms with Crippen molar-refractivity contribution in [3.05, 3.63) is 60.7 Å². The maximum Gasteiger partial charge on any atom is 0.125 e. The molecule has 0 spiro atoms. The zero-order valence-corrected chi connectivity index (χ0v) is 18.6. The second-order valence-corrected chi connectivity index (χ2v) is 14.1. The molecule has 1 aliphatic heterocycles. The van der Waals surface area contributed by atoms with Gasteiger partial charge in [-0.25, -0.2) is 0 Å². The molecule has 0 saturated carbocycles. The molecule has 0 aromatic heterocycles. The van der Waals surface area contributed by atoms with Crippen molar-refractivity contribution >= 4 is 18.4 Å². The third kappa shape index (κ3) is 4.38. The molecule has 2 atom stereocenters. The predicted octanol–water partition coefficient (Wildman–Crippen LogP) is 5.79. The molecule has 1 nitrogen and oxygen atoms in total. The zero-order chi connectivity index (χ0) is 19.3. The molecule has 3 rings (SSSR count). The van der Waals surface area contributed by atoms with Gasteiger partial charge >= 0.3 is 0 Å². The Hall–Kier alpha value is -1.38. The van der Waals surface area contributed by atoms with E-state index < -0.39 is 8.07 Å². The minimum absolute atomic E-state index is 0.229. The van der Waals surface area contributed by atoms with Crippen LogP contribution in [0.25, 0.3) is 0 Å². The van der Waals surface area contributed by atoms with Gasteiger partial charge in [-0.1, -0.05) is 118 Å². The van der Waals surface area contributed by atoms with E-state index in [4.69, 9.17) is 4.74 Å². The van der Waals surface area contributed by atoms with Crippen LogP contribution in [0.3, 0.4) is 0 Å². The summed E-state index contributed by atoms with van der Waals surface area (Å²) in [5.41, 5.74) is 0. The molecule has 2 heteroatoms. The zero-order valence-electron chi connectivity index (χ0n) is 17.6. The van der Waals surface area contributed by atoms with Crippen molar-refractivity contribution in [3.63, 3.8) is 0 Å². The highest BCUT2D eigenvalue weighted by Crippen LogP contribution is 2.42. The van der Waals surface area contributed by atoms with Gasteiger partial charge in [0.25, 0.3) is 0 Å². The average molecular weight is 381 g/mol. The summed E-state index contributed by atoms with van der Waals surface area (Å²) in [6.07, 6.45) is 7.34. The first-order valence-electron chi connectivity index (χ1n) is 10.7. The summed E-state index contributed by atoms with van der Waals surface area (Å²) < 4.78 is 6.41. The molecule has 2 aromatic rings. The van der Waals surface area contributed by atoms with Gasteiger partial charge in [-0.3, -0.25) is 0 Å². The predicted molar refractivity (Wildman–Crippen MR) is 120 cm³/mol. The van der Waals surface area contributed by atoms with Gasteiger partial charge in [0.05, 0.1) is 12.2 Å². The number of hydrogen-bond acceptors (Lipinski definition) is 1. The highest BCUT2D eigenvalue weighted by Gasteiger charge is 2.50. The molecule has 1 fully saturated rings. The van der Waals surface area contributed by atoms with Crippen LogP contribution in [0.2, 0.25) is 11.1 Å². The van der Waals surface area contributed by atoms with E-state index >= 15 is 0 Å². The first-order chi connectivity index (χ1) is 13.0. The summed E-state index contributed by atoms with van der Waals surface area (Å²) in [4.78, 5) is 0. The molecule has 0 unspecified atom stereocenters. The Morgan fingerprint density at radius 2 is 1.37 bits per heavy atom. The minimum atomic E-state index is -1.97. The van der Waals surface area contributed by atoms with Crippen LogP contribution in [0.1, 0.15) is 59.8 Å². The van der Waals surface area contributed by atoms with Crippen molar-refractivity contribution in [2.45, 2.75) is 83.1 Å². The molecule has 0 aliphatic carbocycles. The van der Waals surface area contributed by atoms with Crippen LogP contribution in [0.4, 0.5) is 0 Å². The van der Waals surface area contributed by atoms with Gasteiger partial charge in [-0.2, -0.15) is 0 Å². The molecule has 0 N–H and O–H groups in total. The molecule has 27 heavy (non-hydrogen) atoms. The number of hydrogen-bond donors (Lipinski definition) is 0. The normalized spacial score (nSPS) is 20.3. The second-order valence-electron chi connectivity index (χ2n) is 9.20. The van der Waals surface area contributed by atoms with Crippen LogP contribution in [-0.4, -0.2) is 20.3 Å². The molecule has 1 saturated heterocycles. The van der Waals surface area contributed by atoms with Crippen molar-refractivity contribution in [3.8, 4) is 0 Å². The molecule has 0 bridgehead atoms. The van der Waals surface area contributed by atoms with Gasteiger partial charge in [0.2, 0.25) is 0 Å². The van der Waals surface area contributed by atoms with Crippen LogP contribution in [0.5, 0.6) is 0 Å². The number of unbranched alkanes of at least 4 members (excludes halogenated alkanes) is 2. The first-order valence-corrected chi connectivity index (χ1v) is 12.9. The van der Waals surface area contributed by atoms with Crippen molar-refractivity contribution in [1.29, 1.82) is 0 Å². The van der Waals surface area contributed by atoms with Crippen LogP contribution in [0, 0.1) is 0 Å². The maximum atomic E-state index is 6.41. The monoisotopic (exact) mass is 380 g/mol. The molecule has 1 heterocycles.